The van der Waals surface area contributed by atoms with E-state index in [1.54, 1.807) is 0 Å². The van der Waals surface area contributed by atoms with Gasteiger partial charge in [-0.3, -0.25) is 0 Å². The van der Waals surface area contributed by atoms with Crippen LogP contribution in [-0.4, -0.2) is 14.2 Å². The zero-order valence-electron chi connectivity index (χ0n) is 36.1. The van der Waals surface area contributed by atoms with Crippen LogP contribution in [-0.2, 0) is 0 Å². The second-order valence-electron chi connectivity index (χ2n) is 16.5. The van der Waals surface area contributed by atoms with Gasteiger partial charge in [0.05, 0.1) is 14.2 Å². The summed E-state index contributed by atoms with van der Waals surface area (Å²) in [6.07, 6.45) is 0. The highest BCUT2D eigenvalue weighted by atomic mass is 31.1. The number of ether oxygens (including phenoxy) is 2. The molecular weight excluding hydrogens is 719 g/mol. The Morgan fingerprint density at radius 1 is 0.357 bits per heavy atom. The predicted octanol–water partition coefficient (Wildman–Crippen LogP) is 11.6. The van der Waals surface area contributed by atoms with Crippen molar-refractivity contribution in [2.45, 2.75) is 94.9 Å². The third kappa shape index (κ3) is 8.54. The zero-order chi connectivity index (χ0) is 40.6. The van der Waals surface area contributed by atoms with Crippen LogP contribution in [0.15, 0.2) is 97.1 Å². The molecule has 0 aliphatic rings. The van der Waals surface area contributed by atoms with Gasteiger partial charge in [0, 0.05) is 21.7 Å². The number of hydrogen-bond donors (Lipinski definition) is 0. The van der Waals surface area contributed by atoms with E-state index >= 15 is 0 Å². The van der Waals surface area contributed by atoms with E-state index < -0.39 is 15.8 Å². The third-order valence-corrected chi connectivity index (χ3v) is 15.5. The Bertz CT molecular complexity index is 2050. The highest BCUT2D eigenvalue weighted by molar-refractivity contribution is 7.81. The molecule has 2 nitrogen and oxygen atoms in total. The fraction of sp³-hybridized carbons (Fsp3) is 0.308. The standard InChI is InChI=1S/C52H60O2P2/c1-31(2)45-15-17-47(53-13)49(51(45)55(41-23-33(5)19-34(6)24-41)42-25-35(7)20-36(8)26-42)50-48(54-14)18-16-46(32(3)4)52(50)56(43-27-37(9)21-38(10)28-43)44-29-39(11)22-40(12)30-44/h15-32H,1-14H3. The van der Waals surface area contributed by atoms with E-state index in [-0.39, 0.29) is 11.8 Å². The average Bonchev–Trinajstić information content (AvgIpc) is 3.09. The van der Waals surface area contributed by atoms with Crippen LogP contribution in [0.4, 0.5) is 0 Å². The first-order valence-electron chi connectivity index (χ1n) is 20.0. The zero-order valence-corrected chi connectivity index (χ0v) is 37.9. The van der Waals surface area contributed by atoms with E-state index in [4.69, 9.17) is 9.47 Å². The number of rotatable bonds is 11. The van der Waals surface area contributed by atoms with Crippen molar-refractivity contribution in [3.63, 3.8) is 0 Å². The third-order valence-electron chi connectivity index (χ3n) is 10.6. The molecule has 0 spiro atoms. The molecule has 0 atom stereocenters. The van der Waals surface area contributed by atoms with E-state index in [1.807, 2.05) is 14.2 Å². The van der Waals surface area contributed by atoms with E-state index in [0.29, 0.717) is 0 Å². The number of benzene rings is 6. The van der Waals surface area contributed by atoms with Crippen molar-refractivity contribution < 1.29 is 9.47 Å². The molecule has 0 radical (unpaired) electrons. The van der Waals surface area contributed by atoms with Gasteiger partial charge >= 0.3 is 0 Å². The Hall–Kier alpha value is -4.22. The number of aryl methyl sites for hydroxylation is 8. The minimum Gasteiger partial charge on any atom is -0.496 e. The van der Waals surface area contributed by atoms with Crippen molar-refractivity contribution in [1.82, 2.24) is 0 Å². The van der Waals surface area contributed by atoms with Gasteiger partial charge in [-0.1, -0.05) is 157 Å². The lowest BCUT2D eigenvalue weighted by atomic mass is 9.92. The topological polar surface area (TPSA) is 18.5 Å². The minimum atomic E-state index is -1.06. The van der Waals surface area contributed by atoms with Crippen LogP contribution < -0.4 is 41.3 Å². The summed E-state index contributed by atoms with van der Waals surface area (Å²) in [4.78, 5) is 0. The maximum absolute atomic E-state index is 6.58. The lowest BCUT2D eigenvalue weighted by molar-refractivity contribution is 0.410. The molecule has 6 rings (SSSR count). The summed E-state index contributed by atoms with van der Waals surface area (Å²) < 4.78 is 13.2. The maximum atomic E-state index is 6.58. The molecule has 4 heteroatoms. The van der Waals surface area contributed by atoms with Crippen LogP contribution in [0, 0.1) is 55.4 Å². The van der Waals surface area contributed by atoms with Gasteiger partial charge < -0.3 is 9.47 Å². The highest BCUT2D eigenvalue weighted by Crippen LogP contribution is 2.50. The molecule has 0 aromatic heterocycles. The van der Waals surface area contributed by atoms with Gasteiger partial charge in [-0.2, -0.15) is 0 Å². The molecule has 0 unspecified atom stereocenters. The maximum Gasteiger partial charge on any atom is 0.127 e. The van der Waals surface area contributed by atoms with Gasteiger partial charge in [-0.15, -0.1) is 0 Å². The Morgan fingerprint density at radius 3 is 0.786 bits per heavy atom. The Morgan fingerprint density at radius 2 is 0.589 bits per heavy atom. The quantitative estimate of drug-likeness (QED) is 0.122. The van der Waals surface area contributed by atoms with E-state index in [0.717, 1.165) is 22.6 Å². The molecule has 0 saturated heterocycles. The molecule has 6 aromatic carbocycles. The lowest BCUT2D eigenvalue weighted by Gasteiger charge is -2.33. The summed E-state index contributed by atoms with van der Waals surface area (Å²) in [6.45, 7) is 27.2. The van der Waals surface area contributed by atoms with Gasteiger partial charge in [0.2, 0.25) is 0 Å². The molecular formula is C52H60O2P2. The molecule has 0 heterocycles. The molecule has 6 aromatic rings. The Labute approximate surface area is 340 Å². The first kappa shape index (κ1) is 41.4. The van der Waals surface area contributed by atoms with E-state index in [1.165, 1.54) is 87.5 Å². The van der Waals surface area contributed by atoms with Gasteiger partial charge in [0.15, 0.2) is 0 Å². The van der Waals surface area contributed by atoms with Crippen molar-refractivity contribution >= 4 is 47.7 Å². The van der Waals surface area contributed by atoms with Gasteiger partial charge in [0.1, 0.15) is 11.5 Å². The molecule has 0 bridgehead atoms. The Kier molecular flexibility index (Phi) is 12.6. The molecule has 0 aliphatic carbocycles. The summed E-state index contributed by atoms with van der Waals surface area (Å²) in [7, 11) is 1.55. The second kappa shape index (κ2) is 17.1. The van der Waals surface area contributed by atoms with E-state index in [2.05, 4.69) is 180 Å². The Balaban J connectivity index is 1.90. The highest BCUT2D eigenvalue weighted by Gasteiger charge is 2.34. The van der Waals surface area contributed by atoms with Gasteiger partial charge in [-0.05, 0) is 128 Å². The first-order chi connectivity index (χ1) is 26.6. The SMILES string of the molecule is COc1ccc(C(C)C)c(P(c2cc(C)cc(C)c2)c2cc(C)cc(C)c2)c1-c1c(OC)ccc(C(C)C)c1P(c1cc(C)cc(C)c1)c1cc(C)cc(C)c1. The van der Waals surface area contributed by atoms with Crippen LogP contribution in [0.2, 0.25) is 0 Å². The molecule has 290 valence electrons. The van der Waals surface area contributed by atoms with Gasteiger partial charge in [0.25, 0.3) is 0 Å². The summed E-state index contributed by atoms with van der Waals surface area (Å²) >= 11 is 0. The summed E-state index contributed by atoms with van der Waals surface area (Å²) in [6, 6.07) is 37.6. The van der Waals surface area contributed by atoms with E-state index in [9.17, 15) is 0 Å². The fourth-order valence-electron chi connectivity index (χ4n) is 8.55. The fourth-order valence-corrected chi connectivity index (χ4v) is 14.9. The summed E-state index contributed by atoms with van der Waals surface area (Å²) in [5.41, 5.74) is 15.2. The predicted molar refractivity (Wildman–Crippen MR) is 248 cm³/mol. The van der Waals surface area contributed by atoms with Crippen LogP contribution in [0.25, 0.3) is 11.1 Å². The van der Waals surface area contributed by atoms with Crippen LogP contribution >= 0.6 is 15.8 Å². The number of methoxy groups -OCH3 is 2. The van der Waals surface area contributed by atoms with Crippen molar-refractivity contribution in [3.8, 4) is 22.6 Å². The normalized spacial score (nSPS) is 11.7. The monoisotopic (exact) mass is 778 g/mol. The molecule has 56 heavy (non-hydrogen) atoms. The second-order valence-corrected chi connectivity index (χ2v) is 20.8. The largest absolute Gasteiger partial charge is 0.496 e. The van der Waals surface area contributed by atoms with Crippen LogP contribution in [0.1, 0.15) is 95.2 Å². The smallest absolute Gasteiger partial charge is 0.127 e. The summed E-state index contributed by atoms with van der Waals surface area (Å²) in [5.74, 6) is 2.28. The van der Waals surface area contributed by atoms with Crippen molar-refractivity contribution in [1.29, 1.82) is 0 Å². The lowest BCUT2D eigenvalue weighted by Crippen LogP contribution is -2.31. The average molecular weight is 779 g/mol. The minimum absolute atomic E-state index is 0.263. The van der Waals surface area contributed by atoms with Gasteiger partial charge in [-0.25, -0.2) is 0 Å². The molecule has 0 saturated carbocycles. The van der Waals surface area contributed by atoms with Crippen molar-refractivity contribution in [2.75, 3.05) is 14.2 Å². The molecule has 0 fully saturated rings. The first-order valence-corrected chi connectivity index (χ1v) is 22.6. The van der Waals surface area contributed by atoms with Crippen LogP contribution in [0.3, 0.4) is 0 Å². The molecule has 0 N–H and O–H groups in total. The van der Waals surface area contributed by atoms with Crippen molar-refractivity contribution in [3.05, 3.63) is 153 Å². The van der Waals surface area contributed by atoms with Crippen molar-refractivity contribution in [2.24, 2.45) is 0 Å². The molecule has 0 amide bonds. The molecule has 0 aliphatic heterocycles. The van der Waals surface area contributed by atoms with Crippen LogP contribution in [0.5, 0.6) is 11.5 Å². The number of hydrogen-bond acceptors (Lipinski definition) is 2. The summed E-state index contributed by atoms with van der Waals surface area (Å²) in [5, 5.41) is 8.10.